The third-order valence-electron chi connectivity index (χ3n) is 7.78. The molecule has 0 heterocycles. The molecule has 7 N–H and O–H groups in total. The van der Waals surface area contributed by atoms with Crippen LogP contribution in [0.25, 0.3) is 5.76 Å². The van der Waals surface area contributed by atoms with Crippen LogP contribution in [0.15, 0.2) is 47.2 Å². The Labute approximate surface area is 238 Å². The van der Waals surface area contributed by atoms with Crippen LogP contribution in [0.2, 0.25) is 5.02 Å². The molecule has 3 atom stereocenters. The number of nitrogens with two attached hydrogens (primary N) is 1. The fourth-order valence-electron chi connectivity index (χ4n) is 5.91. The molecule has 5 rings (SSSR count). The molecule has 41 heavy (non-hydrogen) atoms. The largest absolute Gasteiger partial charge is 0.508 e. The number of carbonyl (C=O) groups excluding carboxylic acids is 4. The lowest BCUT2D eigenvalue weighted by atomic mass is 9.59. The van der Waals surface area contributed by atoms with Gasteiger partial charge in [0.1, 0.15) is 22.8 Å². The number of hydrogen-bond donors (Lipinski definition) is 6. The second kappa shape index (κ2) is 9.82. The lowest BCUT2D eigenvalue weighted by Crippen LogP contribution is -2.58. The van der Waals surface area contributed by atoms with Crippen molar-refractivity contribution in [2.24, 2.45) is 17.6 Å². The number of primary amides is 1. The molecule has 0 aromatic heterocycles. The molecule has 3 aliphatic rings. The third kappa shape index (κ3) is 4.35. The highest BCUT2D eigenvalue weighted by atomic mass is 35.5. The van der Waals surface area contributed by atoms with Gasteiger partial charge in [-0.1, -0.05) is 11.6 Å². The molecule has 13 heteroatoms. The molecule has 2 aromatic rings. The van der Waals surface area contributed by atoms with Gasteiger partial charge in [-0.3, -0.25) is 19.7 Å². The first kappa shape index (κ1) is 28.0. The van der Waals surface area contributed by atoms with Crippen molar-refractivity contribution in [1.82, 2.24) is 0 Å². The van der Waals surface area contributed by atoms with Crippen molar-refractivity contribution in [3.8, 4) is 11.5 Å². The number of halogens is 1. The maximum atomic E-state index is 13.7. The normalized spacial score (nSPS) is 23.4. The number of aromatic hydroxyl groups is 1. The fraction of sp³-hybridized carbons (Fsp3) is 0.286. The Morgan fingerprint density at radius 1 is 1.12 bits per heavy atom. The van der Waals surface area contributed by atoms with Gasteiger partial charge < -0.3 is 35.8 Å². The highest BCUT2D eigenvalue weighted by Crippen LogP contribution is 2.54. The quantitative estimate of drug-likeness (QED) is 0.230. The standard InChI is InChI=1S/C28H26ClN3O9/c1-32(2)17-10-16(31-27(39)41-14-5-3-13(29)4-6-14)22(34)20-15(17)8-11-7-12-9-18(33)21(26(30)38)25(37)28(12,40)24(36)19(11)23(20)35/h3-6,10-12,34-35,37,40H,7-9H2,1-2H3,(H2,30,38)(H,31,39)/t11-,12+,28+/m1/s1. The minimum absolute atomic E-state index is 0.00393. The van der Waals surface area contributed by atoms with Crippen LogP contribution in [-0.4, -0.2) is 63.7 Å². The number of phenols is 1. The molecule has 1 saturated carbocycles. The first-order valence-electron chi connectivity index (χ1n) is 12.5. The number of ether oxygens (including phenoxy) is 1. The monoisotopic (exact) mass is 583 g/mol. The summed E-state index contributed by atoms with van der Waals surface area (Å²) in [6.45, 7) is 0. The number of aliphatic hydroxyl groups is 3. The number of anilines is 2. The van der Waals surface area contributed by atoms with E-state index in [0.29, 0.717) is 16.3 Å². The second-order valence-corrected chi connectivity index (χ2v) is 10.9. The van der Waals surface area contributed by atoms with E-state index in [9.17, 15) is 39.6 Å². The van der Waals surface area contributed by atoms with E-state index in [1.54, 1.807) is 19.0 Å². The van der Waals surface area contributed by atoms with Gasteiger partial charge in [-0.05, 0) is 54.7 Å². The van der Waals surface area contributed by atoms with E-state index in [1.165, 1.54) is 30.3 Å². The summed E-state index contributed by atoms with van der Waals surface area (Å²) in [7, 11) is 3.41. The van der Waals surface area contributed by atoms with Gasteiger partial charge in [0.15, 0.2) is 17.1 Å². The number of rotatable bonds is 4. The van der Waals surface area contributed by atoms with E-state index in [0.717, 1.165) is 0 Å². The molecule has 12 nitrogen and oxygen atoms in total. The summed E-state index contributed by atoms with van der Waals surface area (Å²) in [5.74, 6) is -7.19. The van der Waals surface area contributed by atoms with Crippen LogP contribution in [0, 0.1) is 11.8 Å². The van der Waals surface area contributed by atoms with Crippen molar-refractivity contribution in [2.45, 2.75) is 24.9 Å². The van der Waals surface area contributed by atoms with E-state index in [4.69, 9.17) is 22.1 Å². The zero-order valence-electron chi connectivity index (χ0n) is 21.9. The van der Waals surface area contributed by atoms with Crippen LogP contribution in [0.4, 0.5) is 16.2 Å². The predicted molar refractivity (Wildman–Crippen MR) is 147 cm³/mol. The first-order valence-corrected chi connectivity index (χ1v) is 12.9. The summed E-state index contributed by atoms with van der Waals surface area (Å²) >= 11 is 5.85. The molecule has 0 radical (unpaired) electrons. The Morgan fingerprint density at radius 2 is 1.78 bits per heavy atom. The summed E-state index contributed by atoms with van der Waals surface area (Å²) in [6, 6.07) is 7.46. The summed E-state index contributed by atoms with van der Waals surface area (Å²) in [5, 5.41) is 47.6. The lowest BCUT2D eigenvalue weighted by molar-refractivity contribution is -0.147. The molecule has 0 aliphatic heterocycles. The molecule has 0 spiro atoms. The lowest BCUT2D eigenvalue weighted by Gasteiger charge is -2.46. The average Bonchev–Trinajstić information content (AvgIpc) is 2.88. The molecule has 0 unspecified atom stereocenters. The number of nitrogens with one attached hydrogen (secondary N) is 1. The molecule has 2 amide bonds. The van der Waals surface area contributed by atoms with E-state index < -0.39 is 70.3 Å². The number of hydrogen-bond acceptors (Lipinski definition) is 10. The maximum Gasteiger partial charge on any atom is 0.417 e. The number of Topliss-reactive ketones (excluding diaryl/α,β-unsaturated/α-hetero) is 2. The Bertz CT molecular complexity index is 1600. The number of ketones is 2. The van der Waals surface area contributed by atoms with Gasteiger partial charge in [0.05, 0.1) is 11.3 Å². The van der Waals surface area contributed by atoms with Crippen LogP contribution >= 0.6 is 11.6 Å². The number of carbonyl (C=O) groups is 4. The highest BCUT2D eigenvalue weighted by Gasteiger charge is 2.60. The highest BCUT2D eigenvalue weighted by molar-refractivity contribution is 6.30. The van der Waals surface area contributed by atoms with Gasteiger partial charge >= 0.3 is 6.09 Å². The molecule has 0 bridgehead atoms. The first-order chi connectivity index (χ1) is 19.2. The molecule has 214 valence electrons. The topological polar surface area (TPSA) is 200 Å². The molecule has 0 saturated heterocycles. The molecule has 1 fully saturated rings. The minimum Gasteiger partial charge on any atom is -0.508 e. The van der Waals surface area contributed by atoms with E-state index >= 15 is 0 Å². The summed E-state index contributed by atoms with van der Waals surface area (Å²) in [5.41, 5.74) is 2.04. The number of aliphatic hydroxyl groups excluding tert-OH is 2. The zero-order valence-corrected chi connectivity index (χ0v) is 22.7. The van der Waals surface area contributed by atoms with E-state index in [1.807, 2.05) is 0 Å². The van der Waals surface area contributed by atoms with Crippen molar-refractivity contribution < 1.29 is 44.3 Å². The average molecular weight is 584 g/mol. The molecular formula is C28H26ClN3O9. The van der Waals surface area contributed by atoms with Crippen molar-refractivity contribution in [3.05, 3.63) is 63.4 Å². The van der Waals surface area contributed by atoms with Crippen molar-refractivity contribution in [3.63, 3.8) is 0 Å². The van der Waals surface area contributed by atoms with E-state index in [2.05, 4.69) is 5.32 Å². The fourth-order valence-corrected chi connectivity index (χ4v) is 6.03. The number of fused-ring (bicyclic) bond motifs is 3. The Balaban J connectivity index is 1.60. The van der Waals surface area contributed by atoms with Crippen molar-refractivity contribution in [2.75, 3.05) is 24.3 Å². The Morgan fingerprint density at radius 3 is 2.39 bits per heavy atom. The number of phenolic OH excluding ortho intramolecular Hbond substituents is 1. The molecule has 3 aliphatic carbocycles. The minimum atomic E-state index is -2.67. The second-order valence-electron chi connectivity index (χ2n) is 10.4. The number of nitrogens with zero attached hydrogens (tertiary/aromatic N) is 1. The van der Waals surface area contributed by atoms with Crippen LogP contribution in [0.3, 0.4) is 0 Å². The number of amides is 2. The van der Waals surface area contributed by atoms with Crippen LogP contribution in [0.1, 0.15) is 24.0 Å². The number of benzene rings is 2. The van der Waals surface area contributed by atoms with Crippen LogP contribution < -0.4 is 20.7 Å². The summed E-state index contributed by atoms with van der Waals surface area (Å²) in [4.78, 5) is 52.4. The van der Waals surface area contributed by atoms with Gasteiger partial charge in [-0.2, -0.15) is 0 Å². The van der Waals surface area contributed by atoms with Gasteiger partial charge in [-0.25, -0.2) is 4.79 Å². The van der Waals surface area contributed by atoms with Crippen LogP contribution in [-0.2, 0) is 20.8 Å². The summed E-state index contributed by atoms with van der Waals surface area (Å²) < 4.78 is 5.23. The van der Waals surface area contributed by atoms with Gasteiger partial charge in [0, 0.05) is 42.7 Å². The van der Waals surface area contributed by atoms with Gasteiger partial charge in [-0.15, -0.1) is 0 Å². The van der Waals surface area contributed by atoms with Crippen LogP contribution in [0.5, 0.6) is 11.5 Å². The smallest absolute Gasteiger partial charge is 0.417 e. The predicted octanol–water partition coefficient (Wildman–Crippen LogP) is 2.75. The third-order valence-corrected chi connectivity index (χ3v) is 8.03. The SMILES string of the molecule is CN(C)c1cc(NC(=O)Oc2ccc(Cl)cc2)c(O)c2c1C[C@H]1C[C@H]3CC(=O)C(C(N)=O)=C(O)[C@@]3(O)C(=O)C1=C2O. The van der Waals surface area contributed by atoms with E-state index in [-0.39, 0.29) is 35.4 Å². The van der Waals surface area contributed by atoms with Crippen molar-refractivity contribution in [1.29, 1.82) is 0 Å². The van der Waals surface area contributed by atoms with Gasteiger partial charge in [0.25, 0.3) is 5.91 Å². The Kier molecular flexibility index (Phi) is 6.71. The summed E-state index contributed by atoms with van der Waals surface area (Å²) in [6.07, 6.45) is -1.25. The van der Waals surface area contributed by atoms with Crippen molar-refractivity contribution >= 4 is 52.3 Å². The van der Waals surface area contributed by atoms with Gasteiger partial charge in [0.2, 0.25) is 5.78 Å². The zero-order chi connectivity index (χ0) is 30.0. The maximum absolute atomic E-state index is 13.7. The molecular weight excluding hydrogens is 558 g/mol. The Hall–Kier alpha value is -4.55. The molecule has 2 aromatic carbocycles.